The molecule has 98 valence electrons. The van der Waals surface area contributed by atoms with Crippen LogP contribution in [0.1, 0.15) is 10.5 Å². The number of carboxylic acid groups (broad SMARTS) is 1. The van der Waals surface area contributed by atoms with E-state index in [1.165, 1.54) is 24.3 Å². The number of hydrogen-bond donors (Lipinski definition) is 2. The van der Waals surface area contributed by atoms with Gasteiger partial charge in [-0.2, -0.15) is 0 Å². The summed E-state index contributed by atoms with van der Waals surface area (Å²) < 4.78 is 13.8. The number of hydrogen-bond acceptors (Lipinski definition) is 4. The molecule has 1 amide bonds. The molecular formula is C11H9FN4O3. The zero-order valence-electron chi connectivity index (χ0n) is 9.58. The van der Waals surface area contributed by atoms with Gasteiger partial charge in [0.2, 0.25) is 5.91 Å². The highest BCUT2D eigenvalue weighted by Crippen LogP contribution is 2.08. The molecule has 0 radical (unpaired) electrons. The molecule has 0 saturated heterocycles. The van der Waals surface area contributed by atoms with Gasteiger partial charge in [-0.25, -0.2) is 13.9 Å². The molecule has 8 heteroatoms. The van der Waals surface area contributed by atoms with Crippen LogP contribution in [0.2, 0.25) is 0 Å². The van der Waals surface area contributed by atoms with Crippen LogP contribution in [0.4, 0.5) is 10.1 Å². The van der Waals surface area contributed by atoms with E-state index in [0.717, 1.165) is 10.9 Å². The number of amides is 1. The molecule has 1 aromatic heterocycles. The molecule has 0 atom stereocenters. The van der Waals surface area contributed by atoms with Gasteiger partial charge >= 0.3 is 5.97 Å². The fraction of sp³-hybridized carbons (Fsp3) is 0.0909. The number of nitrogens with zero attached hydrogens (tertiary/aromatic N) is 3. The fourth-order valence-corrected chi connectivity index (χ4v) is 1.35. The van der Waals surface area contributed by atoms with Gasteiger partial charge in [0.15, 0.2) is 5.69 Å². The van der Waals surface area contributed by atoms with Gasteiger partial charge in [0, 0.05) is 5.69 Å². The number of carboxylic acids is 1. The Bertz CT molecular complexity index is 609. The van der Waals surface area contributed by atoms with Gasteiger partial charge in [-0.15, -0.1) is 5.10 Å². The number of carbonyl (C=O) groups excluding carboxylic acids is 1. The number of aromatic nitrogens is 3. The fourth-order valence-electron chi connectivity index (χ4n) is 1.35. The monoisotopic (exact) mass is 264 g/mol. The molecule has 0 aliphatic rings. The van der Waals surface area contributed by atoms with E-state index in [2.05, 4.69) is 15.6 Å². The van der Waals surface area contributed by atoms with Crippen molar-refractivity contribution in [1.82, 2.24) is 15.0 Å². The third-order valence-electron chi connectivity index (χ3n) is 2.19. The van der Waals surface area contributed by atoms with Crippen molar-refractivity contribution < 1.29 is 19.1 Å². The van der Waals surface area contributed by atoms with Crippen molar-refractivity contribution in [1.29, 1.82) is 0 Å². The highest BCUT2D eigenvalue weighted by atomic mass is 19.1. The summed E-state index contributed by atoms with van der Waals surface area (Å²) in [6.07, 6.45) is 1.15. The summed E-state index contributed by atoms with van der Waals surface area (Å²) in [4.78, 5) is 22.2. The molecule has 1 heterocycles. The molecule has 0 fully saturated rings. The summed E-state index contributed by atoms with van der Waals surface area (Å²) >= 11 is 0. The molecule has 2 aromatic rings. The lowest BCUT2D eigenvalue weighted by atomic mass is 10.3. The summed E-state index contributed by atoms with van der Waals surface area (Å²) in [6, 6.07) is 5.26. The quantitative estimate of drug-likeness (QED) is 0.849. The van der Waals surface area contributed by atoms with E-state index in [-0.39, 0.29) is 12.2 Å². The molecule has 0 spiro atoms. The summed E-state index contributed by atoms with van der Waals surface area (Å²) in [6.45, 7) is -0.183. The van der Waals surface area contributed by atoms with Gasteiger partial charge in [-0.1, -0.05) is 5.21 Å². The van der Waals surface area contributed by atoms with Crippen LogP contribution in [0.15, 0.2) is 30.5 Å². The third-order valence-corrected chi connectivity index (χ3v) is 2.19. The maximum absolute atomic E-state index is 12.7. The number of nitrogens with one attached hydrogen (secondary N) is 1. The van der Waals surface area contributed by atoms with Crippen molar-refractivity contribution in [3.05, 3.63) is 42.0 Å². The molecule has 19 heavy (non-hydrogen) atoms. The van der Waals surface area contributed by atoms with Gasteiger partial charge in [0.05, 0.1) is 6.20 Å². The average molecular weight is 264 g/mol. The van der Waals surface area contributed by atoms with Crippen LogP contribution >= 0.6 is 0 Å². The van der Waals surface area contributed by atoms with E-state index >= 15 is 0 Å². The maximum Gasteiger partial charge on any atom is 0.358 e. The van der Waals surface area contributed by atoms with Crippen molar-refractivity contribution in [3.8, 4) is 0 Å². The largest absolute Gasteiger partial charge is 0.476 e. The Morgan fingerprint density at radius 1 is 1.32 bits per heavy atom. The van der Waals surface area contributed by atoms with Crippen LogP contribution in [-0.2, 0) is 11.3 Å². The Labute approximate surface area is 106 Å². The van der Waals surface area contributed by atoms with Crippen molar-refractivity contribution in [3.63, 3.8) is 0 Å². The lowest BCUT2D eigenvalue weighted by molar-refractivity contribution is -0.116. The van der Waals surface area contributed by atoms with Crippen molar-refractivity contribution in [2.24, 2.45) is 0 Å². The van der Waals surface area contributed by atoms with E-state index in [1.807, 2.05) is 0 Å². The van der Waals surface area contributed by atoms with Crippen LogP contribution in [-0.4, -0.2) is 32.0 Å². The van der Waals surface area contributed by atoms with Gasteiger partial charge < -0.3 is 10.4 Å². The van der Waals surface area contributed by atoms with Gasteiger partial charge in [-0.3, -0.25) is 4.79 Å². The zero-order valence-corrected chi connectivity index (χ0v) is 9.58. The Morgan fingerprint density at radius 2 is 2.00 bits per heavy atom. The molecule has 0 unspecified atom stereocenters. The first-order chi connectivity index (χ1) is 9.04. The number of carbonyl (C=O) groups is 2. The van der Waals surface area contributed by atoms with Crippen LogP contribution in [0.25, 0.3) is 0 Å². The molecule has 7 nitrogen and oxygen atoms in total. The predicted octanol–water partition coefficient (Wildman–Crippen LogP) is 0.754. The summed E-state index contributed by atoms with van der Waals surface area (Å²) in [5, 5.41) is 18.0. The predicted molar refractivity (Wildman–Crippen MR) is 62.0 cm³/mol. The smallest absolute Gasteiger partial charge is 0.358 e. The molecule has 0 bridgehead atoms. The minimum atomic E-state index is -1.22. The Balaban J connectivity index is 1.97. The molecule has 0 aliphatic heterocycles. The van der Waals surface area contributed by atoms with Crippen molar-refractivity contribution in [2.75, 3.05) is 5.32 Å². The minimum Gasteiger partial charge on any atom is -0.476 e. The van der Waals surface area contributed by atoms with E-state index < -0.39 is 17.7 Å². The van der Waals surface area contributed by atoms with Crippen LogP contribution < -0.4 is 5.32 Å². The SMILES string of the molecule is O=C(Cn1cc(C(=O)O)nn1)Nc1ccc(F)cc1. The van der Waals surface area contributed by atoms with Gasteiger partial charge in [0.1, 0.15) is 12.4 Å². The van der Waals surface area contributed by atoms with E-state index in [0.29, 0.717) is 5.69 Å². The van der Waals surface area contributed by atoms with E-state index in [1.54, 1.807) is 0 Å². The van der Waals surface area contributed by atoms with E-state index in [9.17, 15) is 14.0 Å². The molecule has 1 aromatic carbocycles. The summed E-state index contributed by atoms with van der Waals surface area (Å²) in [5.41, 5.74) is 0.194. The Morgan fingerprint density at radius 3 is 2.58 bits per heavy atom. The lowest BCUT2D eigenvalue weighted by Crippen LogP contribution is -2.19. The molecule has 0 aliphatic carbocycles. The number of rotatable bonds is 4. The highest BCUT2D eigenvalue weighted by molar-refractivity contribution is 5.90. The Hall–Kier alpha value is -2.77. The van der Waals surface area contributed by atoms with Gasteiger partial charge in [-0.05, 0) is 24.3 Å². The van der Waals surface area contributed by atoms with Crippen LogP contribution in [0.5, 0.6) is 0 Å². The van der Waals surface area contributed by atoms with Gasteiger partial charge in [0.25, 0.3) is 0 Å². The highest BCUT2D eigenvalue weighted by Gasteiger charge is 2.10. The topological polar surface area (TPSA) is 97.1 Å². The molecular weight excluding hydrogens is 255 g/mol. The second kappa shape index (κ2) is 5.25. The van der Waals surface area contributed by atoms with E-state index in [4.69, 9.17) is 5.11 Å². The average Bonchev–Trinajstić information content (AvgIpc) is 2.80. The Kier molecular flexibility index (Phi) is 3.51. The second-order valence-corrected chi connectivity index (χ2v) is 3.66. The molecule has 2 N–H and O–H groups in total. The number of halogens is 1. The molecule has 2 rings (SSSR count). The zero-order chi connectivity index (χ0) is 13.8. The normalized spacial score (nSPS) is 10.2. The van der Waals surface area contributed by atoms with Crippen LogP contribution in [0, 0.1) is 5.82 Å². The first-order valence-electron chi connectivity index (χ1n) is 5.23. The summed E-state index contributed by atoms with van der Waals surface area (Å²) in [5.74, 6) is -2.04. The van der Waals surface area contributed by atoms with Crippen molar-refractivity contribution >= 4 is 17.6 Å². The number of benzene rings is 1. The number of anilines is 1. The molecule has 0 saturated carbocycles. The number of aromatic carboxylic acids is 1. The standard InChI is InChI=1S/C11H9FN4O3/c12-7-1-3-8(4-2-7)13-10(17)6-16-5-9(11(18)19)14-15-16/h1-5H,6H2,(H,13,17)(H,18,19). The van der Waals surface area contributed by atoms with Crippen molar-refractivity contribution in [2.45, 2.75) is 6.54 Å². The maximum atomic E-state index is 12.7. The first-order valence-corrected chi connectivity index (χ1v) is 5.23. The summed E-state index contributed by atoms with van der Waals surface area (Å²) in [7, 11) is 0. The third kappa shape index (κ3) is 3.35. The second-order valence-electron chi connectivity index (χ2n) is 3.66. The first kappa shape index (κ1) is 12.7. The lowest BCUT2D eigenvalue weighted by Gasteiger charge is -2.04. The minimum absolute atomic E-state index is 0.183. The van der Waals surface area contributed by atoms with Crippen LogP contribution in [0.3, 0.4) is 0 Å².